The predicted molar refractivity (Wildman–Crippen MR) is 215 cm³/mol. The highest BCUT2D eigenvalue weighted by atomic mass is 127. The normalized spacial score (nSPS) is 13.6. The lowest BCUT2D eigenvalue weighted by atomic mass is 10.4. The van der Waals surface area contributed by atoms with Gasteiger partial charge in [0.1, 0.15) is 0 Å². The van der Waals surface area contributed by atoms with Gasteiger partial charge < -0.3 is 31.0 Å². The number of hydrogen-bond donors (Lipinski definition) is 1. The summed E-state index contributed by atoms with van der Waals surface area (Å²) < 4.78 is 38.2. The zero-order valence-corrected chi connectivity index (χ0v) is 39.7. The van der Waals surface area contributed by atoms with Crippen LogP contribution in [0.5, 0.6) is 0 Å². The third-order valence-corrected chi connectivity index (χ3v) is 30.3. The number of hydrogen-bond acceptors (Lipinski definition) is 7. The molecule has 44 heavy (non-hydrogen) atoms. The molecule has 0 saturated heterocycles. The molecule has 0 aliphatic rings. The monoisotopic (exact) mass is 842 g/mol. The van der Waals surface area contributed by atoms with E-state index in [0.29, 0.717) is 13.2 Å². The molecule has 0 radical (unpaired) electrons. The van der Waals surface area contributed by atoms with Crippen molar-refractivity contribution in [2.75, 3.05) is 37.5 Å². The lowest BCUT2D eigenvalue weighted by Gasteiger charge is -2.39. The molecule has 0 spiro atoms. The molecule has 0 heterocycles. The van der Waals surface area contributed by atoms with Crippen molar-refractivity contribution >= 4 is 73.0 Å². The van der Waals surface area contributed by atoms with Gasteiger partial charge in [0.05, 0.1) is 19.8 Å². The molecule has 0 aromatic carbocycles. The summed E-state index contributed by atoms with van der Waals surface area (Å²) in [6.45, 7) is 34.8. The van der Waals surface area contributed by atoms with Gasteiger partial charge in [0.15, 0.2) is 33.3 Å². The summed E-state index contributed by atoms with van der Waals surface area (Å²) in [6.07, 6.45) is 7.12. The summed E-state index contributed by atoms with van der Waals surface area (Å²) in [7, 11) is -10.6. The standard InChI is InChI=1S/C15H37IO3Si3.C15H38O4Si3/c2*1-8-9-14-20(2,3)18-22(6,7)19-21(4,5)15-10-12-17-13-11-16/h8-15H2,1-7H3;16H,8-15H2,1-7H3. The first-order valence-corrected chi connectivity index (χ1v) is 36.8. The summed E-state index contributed by atoms with van der Waals surface area (Å²) in [5.74, 6) is 0. The first-order valence-electron chi connectivity index (χ1n) is 17.2. The minimum absolute atomic E-state index is 0.0998. The molecule has 1 N–H and O–H groups in total. The van der Waals surface area contributed by atoms with Gasteiger partial charge in [-0.2, -0.15) is 0 Å². The summed E-state index contributed by atoms with van der Waals surface area (Å²) >= 11 is 2.35. The van der Waals surface area contributed by atoms with Crippen LogP contribution in [0.25, 0.3) is 0 Å². The lowest BCUT2D eigenvalue weighted by Crippen LogP contribution is -2.52. The molecule has 0 saturated carbocycles. The van der Waals surface area contributed by atoms with E-state index in [9.17, 15) is 0 Å². The molecule has 0 bridgehead atoms. The van der Waals surface area contributed by atoms with Crippen molar-refractivity contribution in [2.45, 2.75) is 155 Å². The summed E-state index contributed by atoms with van der Waals surface area (Å²) in [4.78, 5) is 0. The van der Waals surface area contributed by atoms with Crippen molar-refractivity contribution in [3.8, 4) is 0 Å². The zero-order chi connectivity index (χ0) is 34.6. The van der Waals surface area contributed by atoms with Crippen LogP contribution in [0.1, 0.15) is 52.4 Å². The molecule has 0 fully saturated rings. The van der Waals surface area contributed by atoms with Crippen LogP contribution < -0.4 is 0 Å². The molecule has 7 nitrogen and oxygen atoms in total. The number of halogens is 1. The van der Waals surface area contributed by atoms with E-state index in [4.69, 9.17) is 31.0 Å². The van der Waals surface area contributed by atoms with Crippen LogP contribution in [0.15, 0.2) is 0 Å². The van der Waals surface area contributed by atoms with Crippen molar-refractivity contribution in [3.63, 3.8) is 0 Å². The molecule has 0 aliphatic carbocycles. The van der Waals surface area contributed by atoms with Gasteiger partial charge in [-0.15, -0.1) is 0 Å². The number of alkyl halides is 1. The Kier molecular flexibility index (Phi) is 26.1. The van der Waals surface area contributed by atoms with E-state index in [2.05, 4.69) is 115 Å². The van der Waals surface area contributed by atoms with E-state index in [1.54, 1.807) is 0 Å². The van der Waals surface area contributed by atoms with Crippen molar-refractivity contribution in [3.05, 3.63) is 0 Å². The van der Waals surface area contributed by atoms with E-state index in [1.165, 1.54) is 37.8 Å². The van der Waals surface area contributed by atoms with Crippen LogP contribution in [0.2, 0.25) is 103 Å². The first kappa shape index (κ1) is 47.9. The Bertz CT molecular complexity index is 655. The third kappa shape index (κ3) is 29.9. The highest BCUT2D eigenvalue weighted by Crippen LogP contribution is 2.27. The highest BCUT2D eigenvalue weighted by Gasteiger charge is 2.40. The van der Waals surface area contributed by atoms with Crippen LogP contribution in [0.4, 0.5) is 0 Å². The smallest absolute Gasteiger partial charge is 0.311 e. The topological polar surface area (TPSA) is 75.6 Å². The Balaban J connectivity index is 0. The van der Waals surface area contributed by atoms with Gasteiger partial charge >= 0.3 is 17.1 Å². The number of aliphatic hydroxyl groups excluding tert-OH is 1. The van der Waals surface area contributed by atoms with E-state index in [1.807, 2.05) is 0 Å². The number of ether oxygens (including phenoxy) is 2. The third-order valence-electron chi connectivity index (χ3n) is 6.95. The van der Waals surface area contributed by atoms with Crippen LogP contribution >= 0.6 is 22.6 Å². The fourth-order valence-corrected chi connectivity index (χ4v) is 34.4. The van der Waals surface area contributed by atoms with E-state index in [0.717, 1.165) is 42.6 Å². The molecular formula is C30H75IO7Si6. The first-order chi connectivity index (χ1) is 20.1. The Morgan fingerprint density at radius 3 is 1.02 bits per heavy atom. The second kappa shape index (κ2) is 24.0. The largest absolute Gasteiger partial charge is 0.437 e. The van der Waals surface area contributed by atoms with Crippen LogP contribution in [0, 0.1) is 0 Å². The number of rotatable bonds is 26. The zero-order valence-electron chi connectivity index (χ0n) is 31.6. The molecule has 0 rings (SSSR count). The maximum absolute atomic E-state index is 8.70. The van der Waals surface area contributed by atoms with Gasteiger partial charge in [0, 0.05) is 17.6 Å². The molecule has 0 atom stereocenters. The molecular weight excluding hydrogens is 768 g/mol. The second-order valence-electron chi connectivity index (χ2n) is 15.3. The molecule has 0 aromatic heterocycles. The maximum Gasteiger partial charge on any atom is 0.311 e. The molecule has 0 aromatic rings. The minimum atomic E-state index is -2.06. The number of aliphatic hydroxyl groups is 1. The lowest BCUT2D eigenvalue weighted by molar-refractivity contribution is 0.0923. The molecule has 14 heteroatoms. The van der Waals surface area contributed by atoms with Crippen molar-refractivity contribution in [2.24, 2.45) is 0 Å². The van der Waals surface area contributed by atoms with Crippen molar-refractivity contribution in [1.29, 1.82) is 0 Å². The fraction of sp³-hybridized carbons (Fsp3) is 1.00. The van der Waals surface area contributed by atoms with Crippen LogP contribution in [0.3, 0.4) is 0 Å². The maximum atomic E-state index is 8.70. The Morgan fingerprint density at radius 1 is 0.455 bits per heavy atom. The highest BCUT2D eigenvalue weighted by molar-refractivity contribution is 14.1. The molecule has 0 amide bonds. The van der Waals surface area contributed by atoms with Gasteiger partial charge in [-0.05, 0) is 116 Å². The predicted octanol–water partition coefficient (Wildman–Crippen LogP) is 10.1. The SMILES string of the molecule is CCCC[Si](C)(C)O[Si](C)(C)O[Si](C)(C)CCCOCCI.CCCC[Si](C)(C)O[Si](C)(C)O[Si](C)(C)CCCOCCO. The average Bonchev–Trinajstić information content (AvgIpc) is 2.83. The van der Waals surface area contributed by atoms with Crippen molar-refractivity contribution < 1.29 is 31.0 Å². The van der Waals surface area contributed by atoms with E-state index in [-0.39, 0.29) is 6.61 Å². The van der Waals surface area contributed by atoms with Gasteiger partial charge in [0.25, 0.3) is 0 Å². The van der Waals surface area contributed by atoms with E-state index >= 15 is 0 Å². The van der Waals surface area contributed by atoms with Crippen LogP contribution in [-0.2, 0) is 25.9 Å². The summed E-state index contributed by atoms with van der Waals surface area (Å²) in [5.41, 5.74) is 0. The van der Waals surface area contributed by atoms with E-state index < -0.39 is 50.4 Å². The van der Waals surface area contributed by atoms with Crippen LogP contribution in [-0.4, -0.2) is 93.0 Å². The Hall–Kier alpha value is 1.75. The Labute approximate surface area is 294 Å². The summed E-state index contributed by atoms with van der Waals surface area (Å²) in [6, 6.07) is 4.70. The molecule has 0 aliphatic heterocycles. The fourth-order valence-electron chi connectivity index (χ4n) is 5.64. The summed E-state index contributed by atoms with van der Waals surface area (Å²) in [5, 5.41) is 8.70. The molecule has 0 unspecified atom stereocenters. The van der Waals surface area contributed by atoms with Crippen molar-refractivity contribution in [1.82, 2.24) is 0 Å². The Morgan fingerprint density at radius 2 is 0.750 bits per heavy atom. The van der Waals surface area contributed by atoms with Gasteiger partial charge in [-0.25, -0.2) is 0 Å². The number of unbranched alkanes of at least 4 members (excludes halogenated alkanes) is 2. The second-order valence-corrected chi connectivity index (χ2v) is 41.3. The van der Waals surface area contributed by atoms with Gasteiger partial charge in [-0.3, -0.25) is 0 Å². The average molecular weight is 843 g/mol. The molecule has 268 valence electrons. The van der Waals surface area contributed by atoms with Gasteiger partial charge in [0.2, 0.25) is 0 Å². The van der Waals surface area contributed by atoms with Gasteiger partial charge in [-0.1, -0.05) is 62.1 Å². The minimum Gasteiger partial charge on any atom is -0.437 e. The quantitative estimate of drug-likeness (QED) is 0.0402.